The van der Waals surface area contributed by atoms with Crippen LogP contribution in [0.1, 0.15) is 39.2 Å². The van der Waals surface area contributed by atoms with Gasteiger partial charge in [0, 0.05) is 5.54 Å². The van der Waals surface area contributed by atoms with Crippen molar-refractivity contribution < 1.29 is 0 Å². The predicted octanol–water partition coefficient (Wildman–Crippen LogP) is 4.54. The van der Waals surface area contributed by atoms with Gasteiger partial charge in [-0.25, -0.2) is 0 Å². The van der Waals surface area contributed by atoms with E-state index in [1.54, 1.807) is 0 Å². The Hall–Kier alpha value is -1.09. The lowest BCUT2D eigenvalue weighted by atomic mass is 9.98. The summed E-state index contributed by atoms with van der Waals surface area (Å²) < 4.78 is 3.08. The van der Waals surface area contributed by atoms with Crippen LogP contribution < -0.4 is 0 Å². The van der Waals surface area contributed by atoms with Crippen molar-refractivity contribution in [1.29, 1.82) is 0 Å². The van der Waals surface area contributed by atoms with Crippen LogP contribution in [-0.2, 0) is 5.54 Å². The van der Waals surface area contributed by atoms with Gasteiger partial charge in [0.1, 0.15) is 0 Å². The first-order chi connectivity index (χ1) is 7.97. The molecule has 1 aromatic heterocycles. The fourth-order valence-corrected chi connectivity index (χ4v) is 3.05. The average Bonchev–Trinajstić information content (AvgIpc) is 2.56. The second kappa shape index (κ2) is 4.30. The number of fused-ring (bicyclic) bond motifs is 1. The monoisotopic (exact) mass is 248 g/mol. The number of imidazole rings is 1. The summed E-state index contributed by atoms with van der Waals surface area (Å²) in [6.45, 7) is 8.83. The minimum Gasteiger partial charge on any atom is -0.330 e. The van der Waals surface area contributed by atoms with Crippen molar-refractivity contribution in [3.05, 3.63) is 28.5 Å². The maximum absolute atomic E-state index is 5.48. The molecule has 92 valence electrons. The Bertz CT molecular complexity index is 590. The molecule has 0 amide bonds. The summed E-state index contributed by atoms with van der Waals surface area (Å²) in [5.74, 6) is 0. The van der Waals surface area contributed by atoms with Crippen LogP contribution in [0.5, 0.6) is 0 Å². The van der Waals surface area contributed by atoms with Gasteiger partial charge in [-0.3, -0.25) is 0 Å². The molecule has 0 saturated carbocycles. The minimum absolute atomic E-state index is 0.0673. The second-order valence-electron chi connectivity index (χ2n) is 5.30. The molecule has 0 atom stereocenters. The van der Waals surface area contributed by atoms with E-state index in [1.165, 1.54) is 16.6 Å². The molecule has 0 aliphatic carbocycles. The van der Waals surface area contributed by atoms with Gasteiger partial charge in [0.15, 0.2) is 4.77 Å². The number of aryl methyl sites for hydroxylation is 1. The first-order valence-electron chi connectivity index (χ1n) is 6.18. The van der Waals surface area contributed by atoms with Crippen LogP contribution in [0.2, 0.25) is 0 Å². The van der Waals surface area contributed by atoms with E-state index in [2.05, 4.69) is 55.4 Å². The summed E-state index contributed by atoms with van der Waals surface area (Å²) in [6, 6.07) is 6.36. The maximum Gasteiger partial charge on any atom is 0.178 e. The molecule has 0 aliphatic heterocycles. The van der Waals surface area contributed by atoms with E-state index < -0.39 is 0 Å². The van der Waals surface area contributed by atoms with E-state index in [9.17, 15) is 0 Å². The molecule has 1 N–H and O–H groups in total. The van der Waals surface area contributed by atoms with E-state index in [4.69, 9.17) is 12.2 Å². The molecular formula is C14H20N2S. The summed E-state index contributed by atoms with van der Waals surface area (Å²) in [5, 5.41) is 0. The fourth-order valence-electron chi connectivity index (χ4n) is 2.60. The van der Waals surface area contributed by atoms with Gasteiger partial charge in [-0.2, -0.15) is 0 Å². The number of hydrogen-bond acceptors (Lipinski definition) is 1. The van der Waals surface area contributed by atoms with Gasteiger partial charge in [0.2, 0.25) is 0 Å². The van der Waals surface area contributed by atoms with Crippen molar-refractivity contribution in [1.82, 2.24) is 9.55 Å². The topological polar surface area (TPSA) is 20.7 Å². The van der Waals surface area contributed by atoms with Gasteiger partial charge in [0.05, 0.1) is 11.0 Å². The van der Waals surface area contributed by atoms with Crippen molar-refractivity contribution in [2.24, 2.45) is 0 Å². The molecule has 2 nitrogen and oxygen atoms in total. The maximum atomic E-state index is 5.48. The molecule has 0 bridgehead atoms. The van der Waals surface area contributed by atoms with E-state index >= 15 is 0 Å². The van der Waals surface area contributed by atoms with Crippen molar-refractivity contribution in [3.63, 3.8) is 0 Å². The lowest BCUT2D eigenvalue weighted by Crippen LogP contribution is -2.25. The zero-order valence-electron chi connectivity index (χ0n) is 11.0. The molecule has 2 rings (SSSR count). The molecule has 0 aliphatic rings. The number of para-hydroxylation sites is 1. The Balaban J connectivity index is 2.74. The van der Waals surface area contributed by atoms with Crippen LogP contribution in [0.4, 0.5) is 0 Å². The highest BCUT2D eigenvalue weighted by atomic mass is 32.1. The minimum atomic E-state index is 0.0673. The van der Waals surface area contributed by atoms with E-state index in [0.717, 1.165) is 17.6 Å². The molecular weight excluding hydrogens is 228 g/mol. The number of aromatic nitrogens is 2. The summed E-state index contributed by atoms with van der Waals surface area (Å²) in [4.78, 5) is 3.34. The van der Waals surface area contributed by atoms with Crippen LogP contribution in [0.25, 0.3) is 11.0 Å². The van der Waals surface area contributed by atoms with Crippen molar-refractivity contribution in [2.45, 2.75) is 46.1 Å². The van der Waals surface area contributed by atoms with Crippen molar-refractivity contribution >= 4 is 23.3 Å². The normalized spacial score (nSPS) is 12.2. The fraction of sp³-hybridized carbons (Fsp3) is 0.500. The SMILES string of the molecule is CCCC(C)(C)n1c(=S)[nH]c2c(C)cccc21. The van der Waals surface area contributed by atoms with Crippen molar-refractivity contribution in [2.75, 3.05) is 0 Å². The molecule has 0 unspecified atom stereocenters. The lowest BCUT2D eigenvalue weighted by molar-refractivity contribution is 0.330. The second-order valence-corrected chi connectivity index (χ2v) is 5.68. The molecule has 0 radical (unpaired) electrons. The van der Waals surface area contributed by atoms with Gasteiger partial charge in [-0.15, -0.1) is 0 Å². The summed E-state index contributed by atoms with van der Waals surface area (Å²) in [5.41, 5.74) is 3.70. The van der Waals surface area contributed by atoms with E-state index in [-0.39, 0.29) is 5.54 Å². The highest BCUT2D eigenvalue weighted by Crippen LogP contribution is 2.28. The molecule has 0 fully saturated rings. The molecule has 0 spiro atoms. The lowest BCUT2D eigenvalue weighted by Gasteiger charge is -2.27. The molecule has 1 aromatic carbocycles. The smallest absolute Gasteiger partial charge is 0.178 e. The Morgan fingerprint density at radius 3 is 2.71 bits per heavy atom. The zero-order chi connectivity index (χ0) is 12.6. The first kappa shape index (κ1) is 12.4. The number of H-pyrrole nitrogens is 1. The number of rotatable bonds is 3. The predicted molar refractivity (Wildman–Crippen MR) is 76.1 cm³/mol. The number of hydrogen-bond donors (Lipinski definition) is 1. The van der Waals surface area contributed by atoms with E-state index in [0.29, 0.717) is 0 Å². The van der Waals surface area contributed by atoms with Crippen LogP contribution in [0.15, 0.2) is 18.2 Å². The number of nitrogens with one attached hydrogen (secondary N) is 1. The summed E-state index contributed by atoms with van der Waals surface area (Å²) in [6.07, 6.45) is 2.29. The van der Waals surface area contributed by atoms with Gasteiger partial charge >= 0.3 is 0 Å². The highest BCUT2D eigenvalue weighted by molar-refractivity contribution is 7.71. The van der Waals surface area contributed by atoms with Gasteiger partial charge < -0.3 is 9.55 Å². The number of benzene rings is 1. The third-order valence-electron chi connectivity index (χ3n) is 3.39. The molecule has 1 heterocycles. The Morgan fingerprint density at radius 2 is 2.06 bits per heavy atom. The standard InChI is InChI=1S/C14H20N2S/c1-5-9-14(3,4)16-11-8-6-7-10(2)12(11)15-13(16)17/h6-8H,5,9H2,1-4H3,(H,15,17). The largest absolute Gasteiger partial charge is 0.330 e. The average molecular weight is 248 g/mol. The molecule has 3 heteroatoms. The zero-order valence-corrected chi connectivity index (χ0v) is 11.8. The molecule has 0 saturated heterocycles. The van der Waals surface area contributed by atoms with Crippen LogP contribution >= 0.6 is 12.2 Å². The third-order valence-corrected chi connectivity index (χ3v) is 3.68. The highest BCUT2D eigenvalue weighted by Gasteiger charge is 2.22. The van der Waals surface area contributed by atoms with Crippen LogP contribution in [-0.4, -0.2) is 9.55 Å². The van der Waals surface area contributed by atoms with Gasteiger partial charge in [-0.1, -0.05) is 25.5 Å². The third kappa shape index (κ3) is 2.04. The summed E-state index contributed by atoms with van der Waals surface area (Å²) in [7, 11) is 0. The summed E-state index contributed by atoms with van der Waals surface area (Å²) >= 11 is 5.48. The number of nitrogens with zero attached hydrogens (tertiary/aromatic N) is 1. The quantitative estimate of drug-likeness (QED) is 0.791. The Labute approximate surface area is 108 Å². The van der Waals surface area contributed by atoms with Gasteiger partial charge in [-0.05, 0) is 51.0 Å². The van der Waals surface area contributed by atoms with Crippen LogP contribution in [0, 0.1) is 11.7 Å². The molecule has 2 aromatic rings. The first-order valence-corrected chi connectivity index (χ1v) is 6.59. The van der Waals surface area contributed by atoms with E-state index in [1.807, 2.05) is 0 Å². The van der Waals surface area contributed by atoms with Crippen LogP contribution in [0.3, 0.4) is 0 Å². The molecule has 17 heavy (non-hydrogen) atoms. The number of aromatic amines is 1. The Kier molecular flexibility index (Phi) is 3.13. The Morgan fingerprint density at radius 1 is 1.35 bits per heavy atom. The van der Waals surface area contributed by atoms with Gasteiger partial charge in [0.25, 0.3) is 0 Å². The van der Waals surface area contributed by atoms with Crippen molar-refractivity contribution in [3.8, 4) is 0 Å².